The number of anilines is 1. The van der Waals surface area contributed by atoms with E-state index in [4.69, 9.17) is 35.8 Å². The zero-order chi connectivity index (χ0) is 25.4. The first kappa shape index (κ1) is 25.3. The number of ether oxygens (including phenoxy) is 3. The van der Waals surface area contributed by atoms with Crippen LogP contribution in [0.15, 0.2) is 0 Å². The van der Waals surface area contributed by atoms with Gasteiger partial charge in [0.05, 0.1) is 32.1 Å². The van der Waals surface area contributed by atoms with Gasteiger partial charge in [0, 0.05) is 57.5 Å². The Morgan fingerprint density at radius 1 is 0.892 bits per heavy atom. The predicted octanol–water partition coefficient (Wildman–Crippen LogP) is 2.87. The van der Waals surface area contributed by atoms with Crippen LogP contribution in [0.25, 0.3) is 11.2 Å². The molecule has 0 bridgehead atoms. The van der Waals surface area contributed by atoms with E-state index in [1.807, 2.05) is 16.4 Å². The molecular formula is C26H37ClN6O4. The molecule has 4 aliphatic rings. The number of rotatable bonds is 4. The Morgan fingerprint density at radius 2 is 1.59 bits per heavy atom. The minimum Gasteiger partial charge on any atom is -0.379 e. The fourth-order valence-electron chi connectivity index (χ4n) is 6.19. The van der Waals surface area contributed by atoms with Crippen LogP contribution in [-0.4, -0.2) is 109 Å². The lowest BCUT2D eigenvalue weighted by Gasteiger charge is -2.40. The fourth-order valence-corrected chi connectivity index (χ4v) is 6.35. The van der Waals surface area contributed by atoms with Gasteiger partial charge < -0.3 is 24.0 Å². The van der Waals surface area contributed by atoms with Gasteiger partial charge in [-0.3, -0.25) is 14.3 Å². The number of hydrogen-bond acceptors (Lipinski definition) is 8. The monoisotopic (exact) mass is 532 g/mol. The number of fused-ring (bicyclic) bond motifs is 1. The highest BCUT2D eigenvalue weighted by Crippen LogP contribution is 2.37. The summed E-state index contributed by atoms with van der Waals surface area (Å²) in [6.07, 6.45) is 4.55. The van der Waals surface area contributed by atoms with Crippen molar-refractivity contribution in [1.82, 2.24) is 24.3 Å². The van der Waals surface area contributed by atoms with Gasteiger partial charge in [-0.2, -0.15) is 0 Å². The molecule has 0 spiro atoms. The maximum Gasteiger partial charge on any atom is 0.290 e. The van der Waals surface area contributed by atoms with Gasteiger partial charge in [-0.1, -0.05) is 11.6 Å². The van der Waals surface area contributed by atoms with Crippen LogP contribution < -0.4 is 4.90 Å². The number of carbonyl (C=O) groups excluding carboxylic acids is 1. The summed E-state index contributed by atoms with van der Waals surface area (Å²) in [6.45, 7) is 10.4. The summed E-state index contributed by atoms with van der Waals surface area (Å²) >= 11 is 6.69. The molecule has 10 nitrogen and oxygen atoms in total. The van der Waals surface area contributed by atoms with Crippen LogP contribution in [0, 0.1) is 6.92 Å². The molecule has 1 amide bonds. The van der Waals surface area contributed by atoms with Crippen LogP contribution in [-0.2, 0) is 14.2 Å². The Balaban J connectivity index is 1.35. The van der Waals surface area contributed by atoms with Gasteiger partial charge in [-0.15, -0.1) is 0 Å². The topological polar surface area (TPSA) is 85.2 Å². The lowest BCUT2D eigenvalue weighted by molar-refractivity contribution is -0.0317. The van der Waals surface area contributed by atoms with E-state index in [-0.39, 0.29) is 12.1 Å². The number of carbonyl (C=O) groups is 1. The van der Waals surface area contributed by atoms with Crippen LogP contribution >= 0.6 is 11.6 Å². The third-order valence-corrected chi connectivity index (χ3v) is 8.62. The molecule has 202 valence electrons. The summed E-state index contributed by atoms with van der Waals surface area (Å²) in [6, 6.07) is 0.504. The molecule has 0 radical (unpaired) electrons. The molecule has 11 heteroatoms. The Labute approximate surface area is 222 Å². The number of aromatic nitrogens is 3. The van der Waals surface area contributed by atoms with E-state index in [1.165, 1.54) is 0 Å². The second-order valence-electron chi connectivity index (χ2n) is 10.4. The summed E-state index contributed by atoms with van der Waals surface area (Å²) in [4.78, 5) is 30.5. The van der Waals surface area contributed by atoms with Crippen LogP contribution in [0.4, 0.5) is 5.69 Å². The summed E-state index contributed by atoms with van der Waals surface area (Å²) in [7, 11) is 0. The van der Waals surface area contributed by atoms with E-state index in [0.717, 1.165) is 101 Å². The normalized spacial score (nSPS) is 24.6. The van der Waals surface area contributed by atoms with E-state index in [0.29, 0.717) is 42.5 Å². The number of nitrogens with zero attached hydrogens (tertiary/aromatic N) is 6. The van der Waals surface area contributed by atoms with E-state index < -0.39 is 0 Å². The summed E-state index contributed by atoms with van der Waals surface area (Å²) in [5.74, 6) is 0.365. The molecule has 6 heterocycles. The molecule has 0 saturated carbocycles. The Morgan fingerprint density at radius 3 is 2.27 bits per heavy atom. The molecule has 2 aromatic rings. The standard InChI is InChI=1S/C26H37ClN6O4/c1-18-22(31-11-16-36-17-12-31)21-24(29-23(18)27)33(20-4-2-3-13-37-20)25(28-21)26(34)32-7-5-19(6-8-32)30-9-14-35-15-10-30/h19-20H,2-17H2,1H3. The van der Waals surface area contributed by atoms with Gasteiger partial charge in [0.25, 0.3) is 5.91 Å². The number of amides is 1. The second-order valence-corrected chi connectivity index (χ2v) is 10.8. The van der Waals surface area contributed by atoms with Crippen molar-refractivity contribution >= 4 is 34.4 Å². The average Bonchev–Trinajstić information content (AvgIpc) is 3.33. The molecule has 1 unspecified atom stereocenters. The maximum absolute atomic E-state index is 14.0. The number of likely N-dealkylation sites (tertiary alicyclic amines) is 1. The molecular weight excluding hydrogens is 496 g/mol. The van der Waals surface area contributed by atoms with Crippen molar-refractivity contribution in [3.8, 4) is 0 Å². The van der Waals surface area contributed by atoms with Crippen LogP contribution in [0.2, 0.25) is 5.15 Å². The van der Waals surface area contributed by atoms with Gasteiger partial charge in [0.15, 0.2) is 5.65 Å². The quantitative estimate of drug-likeness (QED) is 0.556. The van der Waals surface area contributed by atoms with Gasteiger partial charge in [0.2, 0.25) is 5.82 Å². The van der Waals surface area contributed by atoms with E-state index in [9.17, 15) is 4.79 Å². The van der Waals surface area contributed by atoms with Gasteiger partial charge in [0.1, 0.15) is 16.9 Å². The number of pyridine rings is 1. The van der Waals surface area contributed by atoms with E-state index >= 15 is 0 Å². The average molecular weight is 533 g/mol. The first-order chi connectivity index (χ1) is 18.1. The third kappa shape index (κ3) is 4.94. The van der Waals surface area contributed by atoms with Crippen molar-refractivity contribution in [2.45, 2.75) is 51.3 Å². The van der Waals surface area contributed by atoms with Gasteiger partial charge >= 0.3 is 0 Å². The number of hydrogen-bond donors (Lipinski definition) is 0. The molecule has 0 aromatic carbocycles. The van der Waals surface area contributed by atoms with Gasteiger partial charge in [-0.05, 0) is 39.0 Å². The molecule has 37 heavy (non-hydrogen) atoms. The molecule has 1 atom stereocenters. The smallest absolute Gasteiger partial charge is 0.290 e. The third-order valence-electron chi connectivity index (χ3n) is 8.25. The predicted molar refractivity (Wildman–Crippen MR) is 140 cm³/mol. The zero-order valence-electron chi connectivity index (χ0n) is 21.7. The van der Waals surface area contributed by atoms with Crippen molar-refractivity contribution in [3.63, 3.8) is 0 Å². The lowest BCUT2D eigenvalue weighted by Crippen LogP contribution is -2.50. The fraction of sp³-hybridized carbons (Fsp3) is 0.731. The number of imidazole rings is 1. The minimum atomic E-state index is -0.271. The first-order valence-corrected chi connectivity index (χ1v) is 14.1. The highest BCUT2D eigenvalue weighted by Gasteiger charge is 2.34. The van der Waals surface area contributed by atoms with Crippen LogP contribution in [0.1, 0.15) is 54.5 Å². The zero-order valence-corrected chi connectivity index (χ0v) is 22.4. The minimum absolute atomic E-state index is 0.0469. The SMILES string of the molecule is Cc1c(Cl)nc2c(nc(C(=O)N3CCC(N4CCOCC4)CC3)n2C2CCCCO2)c1N1CCOCC1. The number of piperidine rings is 1. The van der Waals surface area contributed by atoms with Crippen LogP contribution in [0.5, 0.6) is 0 Å². The highest BCUT2D eigenvalue weighted by atomic mass is 35.5. The molecule has 4 aliphatic heterocycles. The molecule has 0 aliphatic carbocycles. The number of morpholine rings is 2. The molecule has 4 fully saturated rings. The van der Waals surface area contributed by atoms with Gasteiger partial charge in [-0.25, -0.2) is 9.97 Å². The van der Waals surface area contributed by atoms with Crippen molar-refractivity contribution < 1.29 is 19.0 Å². The second kappa shape index (κ2) is 11.0. The van der Waals surface area contributed by atoms with Crippen molar-refractivity contribution in [1.29, 1.82) is 0 Å². The largest absolute Gasteiger partial charge is 0.379 e. The Hall–Kier alpha value is -1.98. The molecule has 2 aromatic heterocycles. The van der Waals surface area contributed by atoms with E-state index in [2.05, 4.69) is 9.80 Å². The van der Waals surface area contributed by atoms with Crippen molar-refractivity contribution in [2.75, 3.05) is 77.2 Å². The summed E-state index contributed by atoms with van der Waals surface area (Å²) < 4.78 is 19.2. The number of halogens is 1. The Kier molecular flexibility index (Phi) is 7.54. The lowest BCUT2D eigenvalue weighted by atomic mass is 10.0. The molecule has 0 N–H and O–H groups in total. The molecule has 6 rings (SSSR count). The van der Waals surface area contributed by atoms with E-state index in [1.54, 1.807) is 0 Å². The van der Waals surface area contributed by atoms with Crippen molar-refractivity contribution in [2.24, 2.45) is 0 Å². The molecule has 4 saturated heterocycles. The Bertz CT molecular complexity index is 1120. The summed E-state index contributed by atoms with van der Waals surface area (Å²) in [5.41, 5.74) is 3.20. The first-order valence-electron chi connectivity index (χ1n) is 13.7. The van der Waals surface area contributed by atoms with Crippen LogP contribution in [0.3, 0.4) is 0 Å². The van der Waals surface area contributed by atoms with Crippen molar-refractivity contribution in [3.05, 3.63) is 16.5 Å². The maximum atomic E-state index is 14.0. The highest BCUT2D eigenvalue weighted by molar-refractivity contribution is 6.31. The summed E-state index contributed by atoms with van der Waals surface area (Å²) in [5, 5.41) is 0.441.